The van der Waals surface area contributed by atoms with Gasteiger partial charge in [0.05, 0.1) is 19.1 Å². The summed E-state index contributed by atoms with van der Waals surface area (Å²) < 4.78 is 11.1. The molecular formula is C20H27NO5. The van der Waals surface area contributed by atoms with Gasteiger partial charge in [-0.1, -0.05) is 0 Å². The zero-order valence-electron chi connectivity index (χ0n) is 15.7. The third kappa shape index (κ3) is 3.56. The highest BCUT2D eigenvalue weighted by molar-refractivity contribution is 5.95. The molecule has 1 unspecified atom stereocenters. The summed E-state index contributed by atoms with van der Waals surface area (Å²) in [5.74, 6) is -0.121. The molecule has 2 atom stereocenters. The van der Waals surface area contributed by atoms with Crippen LogP contribution in [0, 0.1) is 25.7 Å². The summed E-state index contributed by atoms with van der Waals surface area (Å²) in [6, 6.07) is 3.75. The Morgan fingerprint density at radius 2 is 1.77 bits per heavy atom. The maximum absolute atomic E-state index is 12.9. The van der Waals surface area contributed by atoms with Crippen LogP contribution in [0.5, 0.6) is 5.75 Å². The van der Waals surface area contributed by atoms with E-state index in [4.69, 9.17) is 9.47 Å². The van der Waals surface area contributed by atoms with Crippen molar-refractivity contribution in [3.63, 3.8) is 0 Å². The molecule has 0 aliphatic carbocycles. The number of hydrogen-bond acceptors (Lipinski definition) is 4. The summed E-state index contributed by atoms with van der Waals surface area (Å²) >= 11 is 0. The minimum Gasteiger partial charge on any atom is -0.496 e. The first-order chi connectivity index (χ1) is 12.4. The SMILES string of the molecule is COc1c(C)cc(C(=O)N2CCC([C@@H]3OCCC3C(=O)O)CC2)cc1C. The van der Waals surface area contributed by atoms with Gasteiger partial charge in [0, 0.05) is 25.3 Å². The van der Waals surface area contributed by atoms with Crippen molar-refractivity contribution in [2.75, 3.05) is 26.8 Å². The van der Waals surface area contributed by atoms with Crippen molar-refractivity contribution in [2.45, 2.75) is 39.2 Å². The van der Waals surface area contributed by atoms with Gasteiger partial charge in [-0.05, 0) is 62.3 Å². The van der Waals surface area contributed by atoms with Crippen LogP contribution < -0.4 is 4.74 Å². The summed E-state index contributed by atoms with van der Waals surface area (Å²) in [7, 11) is 1.64. The van der Waals surface area contributed by atoms with E-state index in [0.717, 1.165) is 29.7 Å². The Morgan fingerprint density at radius 1 is 1.15 bits per heavy atom. The average Bonchev–Trinajstić information content (AvgIpc) is 3.11. The lowest BCUT2D eigenvalue weighted by Gasteiger charge is -2.35. The Labute approximate surface area is 154 Å². The molecule has 1 aromatic carbocycles. The van der Waals surface area contributed by atoms with Gasteiger partial charge in [-0.2, -0.15) is 0 Å². The highest BCUT2D eigenvalue weighted by Crippen LogP contribution is 2.34. The Hall–Kier alpha value is -2.08. The summed E-state index contributed by atoms with van der Waals surface area (Å²) in [6.07, 6.45) is 1.95. The second-order valence-electron chi connectivity index (χ2n) is 7.34. The van der Waals surface area contributed by atoms with Crippen LogP contribution in [0.25, 0.3) is 0 Å². The van der Waals surface area contributed by atoms with Crippen LogP contribution >= 0.6 is 0 Å². The third-order valence-electron chi connectivity index (χ3n) is 5.66. The molecule has 0 radical (unpaired) electrons. The third-order valence-corrected chi connectivity index (χ3v) is 5.66. The van der Waals surface area contributed by atoms with Crippen molar-refractivity contribution < 1.29 is 24.2 Å². The normalized spacial score (nSPS) is 23.9. The number of hydrogen-bond donors (Lipinski definition) is 1. The molecule has 3 rings (SSSR count). The second-order valence-corrected chi connectivity index (χ2v) is 7.34. The molecule has 26 heavy (non-hydrogen) atoms. The minimum atomic E-state index is -0.768. The number of carbonyl (C=O) groups excluding carboxylic acids is 1. The molecule has 6 nitrogen and oxygen atoms in total. The standard InChI is InChI=1S/C20H27NO5/c1-12-10-15(11-13(2)17(12)25-3)19(22)21-7-4-14(5-8-21)18-16(20(23)24)6-9-26-18/h10-11,14,16,18H,4-9H2,1-3H3,(H,23,24)/t16?,18-/m0/s1. The molecular weight excluding hydrogens is 334 g/mol. The zero-order chi connectivity index (χ0) is 18.8. The number of methoxy groups -OCH3 is 1. The molecule has 1 N–H and O–H groups in total. The van der Waals surface area contributed by atoms with Crippen LogP contribution in [0.15, 0.2) is 12.1 Å². The molecule has 2 aliphatic rings. The first-order valence-corrected chi connectivity index (χ1v) is 9.21. The summed E-state index contributed by atoms with van der Waals surface area (Å²) in [5.41, 5.74) is 2.59. The van der Waals surface area contributed by atoms with Gasteiger partial charge in [-0.3, -0.25) is 9.59 Å². The van der Waals surface area contributed by atoms with Crippen molar-refractivity contribution in [3.8, 4) is 5.75 Å². The highest BCUT2D eigenvalue weighted by Gasteiger charge is 2.40. The van der Waals surface area contributed by atoms with Crippen molar-refractivity contribution >= 4 is 11.9 Å². The molecule has 2 fully saturated rings. The number of piperidine rings is 1. The molecule has 1 amide bonds. The van der Waals surface area contributed by atoms with Crippen molar-refractivity contribution in [3.05, 3.63) is 28.8 Å². The van der Waals surface area contributed by atoms with Crippen LogP contribution in [0.2, 0.25) is 0 Å². The molecule has 142 valence electrons. The van der Waals surface area contributed by atoms with E-state index in [2.05, 4.69) is 0 Å². The van der Waals surface area contributed by atoms with Gasteiger partial charge in [0.25, 0.3) is 5.91 Å². The van der Waals surface area contributed by atoms with Crippen LogP contribution in [-0.2, 0) is 9.53 Å². The van der Waals surface area contributed by atoms with Crippen molar-refractivity contribution in [1.29, 1.82) is 0 Å². The van der Waals surface area contributed by atoms with E-state index in [1.54, 1.807) is 7.11 Å². The second kappa shape index (κ2) is 7.66. The number of carboxylic acid groups (broad SMARTS) is 1. The van der Waals surface area contributed by atoms with E-state index in [1.165, 1.54) is 0 Å². The van der Waals surface area contributed by atoms with Gasteiger partial charge in [0.2, 0.25) is 0 Å². The number of benzene rings is 1. The Balaban J connectivity index is 1.65. The monoisotopic (exact) mass is 361 g/mol. The van der Waals surface area contributed by atoms with Gasteiger partial charge in [0.15, 0.2) is 0 Å². The summed E-state index contributed by atoms with van der Waals surface area (Å²) in [6.45, 7) is 5.68. The quantitative estimate of drug-likeness (QED) is 0.892. The van der Waals surface area contributed by atoms with E-state index in [1.807, 2.05) is 30.9 Å². The number of aryl methyl sites for hydroxylation is 2. The number of amides is 1. The van der Waals surface area contributed by atoms with E-state index in [-0.39, 0.29) is 17.9 Å². The Bertz CT molecular complexity index is 670. The van der Waals surface area contributed by atoms with Gasteiger partial charge in [-0.25, -0.2) is 0 Å². The summed E-state index contributed by atoms with van der Waals surface area (Å²) in [4.78, 5) is 26.1. The smallest absolute Gasteiger partial charge is 0.309 e. The maximum atomic E-state index is 12.9. The molecule has 0 saturated carbocycles. The van der Waals surface area contributed by atoms with Crippen LogP contribution in [0.1, 0.15) is 40.7 Å². The molecule has 2 saturated heterocycles. The topological polar surface area (TPSA) is 76.1 Å². The first-order valence-electron chi connectivity index (χ1n) is 9.21. The molecule has 6 heteroatoms. The average molecular weight is 361 g/mol. The molecule has 2 heterocycles. The fourth-order valence-corrected chi connectivity index (χ4v) is 4.35. The zero-order valence-corrected chi connectivity index (χ0v) is 15.7. The van der Waals surface area contributed by atoms with Crippen LogP contribution in [0.3, 0.4) is 0 Å². The molecule has 2 aliphatic heterocycles. The number of nitrogens with zero attached hydrogens (tertiary/aromatic N) is 1. The number of aliphatic carboxylic acids is 1. The predicted molar refractivity (Wildman–Crippen MR) is 96.6 cm³/mol. The van der Waals surface area contributed by atoms with Crippen molar-refractivity contribution in [1.82, 2.24) is 4.90 Å². The van der Waals surface area contributed by atoms with Gasteiger partial charge >= 0.3 is 5.97 Å². The highest BCUT2D eigenvalue weighted by atomic mass is 16.5. The fourth-order valence-electron chi connectivity index (χ4n) is 4.35. The van der Waals surface area contributed by atoms with Crippen LogP contribution in [0.4, 0.5) is 0 Å². The first kappa shape index (κ1) is 18.7. The predicted octanol–water partition coefficient (Wildman–Crippen LogP) is 2.65. The van der Waals surface area contributed by atoms with Crippen LogP contribution in [-0.4, -0.2) is 54.8 Å². The number of rotatable bonds is 4. The maximum Gasteiger partial charge on any atom is 0.309 e. The molecule has 0 spiro atoms. The van der Waals surface area contributed by atoms with Gasteiger partial charge in [-0.15, -0.1) is 0 Å². The van der Waals surface area contributed by atoms with E-state index in [0.29, 0.717) is 31.7 Å². The lowest BCUT2D eigenvalue weighted by Crippen LogP contribution is -2.43. The lowest BCUT2D eigenvalue weighted by molar-refractivity contribution is -0.145. The van der Waals surface area contributed by atoms with Gasteiger partial charge in [0.1, 0.15) is 5.75 Å². The minimum absolute atomic E-state index is 0.0272. The largest absolute Gasteiger partial charge is 0.496 e. The van der Waals surface area contributed by atoms with Gasteiger partial charge < -0.3 is 19.5 Å². The fraction of sp³-hybridized carbons (Fsp3) is 0.600. The summed E-state index contributed by atoms with van der Waals surface area (Å²) in [5, 5.41) is 9.34. The number of likely N-dealkylation sites (tertiary alicyclic amines) is 1. The van der Waals surface area contributed by atoms with E-state index in [9.17, 15) is 14.7 Å². The number of ether oxygens (including phenoxy) is 2. The molecule has 0 aromatic heterocycles. The number of carboxylic acids is 1. The number of carbonyl (C=O) groups is 2. The lowest BCUT2D eigenvalue weighted by atomic mass is 9.84. The van der Waals surface area contributed by atoms with E-state index >= 15 is 0 Å². The molecule has 1 aromatic rings. The molecule has 0 bridgehead atoms. The van der Waals surface area contributed by atoms with E-state index < -0.39 is 11.9 Å². The Morgan fingerprint density at radius 3 is 2.31 bits per heavy atom. The van der Waals surface area contributed by atoms with Crippen molar-refractivity contribution in [2.24, 2.45) is 11.8 Å². The Kier molecular flexibility index (Phi) is 5.51.